The Labute approximate surface area is 161 Å². The second-order valence-corrected chi connectivity index (χ2v) is 7.96. The molecule has 0 saturated carbocycles. The summed E-state index contributed by atoms with van der Waals surface area (Å²) in [6.07, 6.45) is 1.13. The maximum Gasteiger partial charge on any atom is 0.240 e. The van der Waals surface area contributed by atoms with Gasteiger partial charge >= 0.3 is 0 Å². The van der Waals surface area contributed by atoms with Crippen molar-refractivity contribution in [2.75, 3.05) is 26.2 Å². The van der Waals surface area contributed by atoms with Crippen LogP contribution in [0, 0.1) is 5.92 Å². The molecule has 0 spiro atoms. The number of sulfonamides is 1. The minimum absolute atomic E-state index is 0. The van der Waals surface area contributed by atoms with E-state index in [1.54, 1.807) is 12.1 Å². The molecule has 0 aliphatic carbocycles. The van der Waals surface area contributed by atoms with Crippen molar-refractivity contribution in [3.8, 4) is 5.75 Å². The number of benzene rings is 1. The van der Waals surface area contributed by atoms with Crippen molar-refractivity contribution < 1.29 is 17.9 Å². The van der Waals surface area contributed by atoms with E-state index in [0.717, 1.165) is 19.5 Å². The van der Waals surface area contributed by atoms with Crippen LogP contribution in [-0.4, -0.2) is 46.6 Å². The van der Waals surface area contributed by atoms with Crippen LogP contribution in [0.5, 0.6) is 5.75 Å². The fourth-order valence-electron chi connectivity index (χ4n) is 2.73. The van der Waals surface area contributed by atoms with Crippen LogP contribution < -0.4 is 20.1 Å². The van der Waals surface area contributed by atoms with Crippen molar-refractivity contribution >= 4 is 28.3 Å². The van der Waals surface area contributed by atoms with Crippen molar-refractivity contribution in [1.82, 2.24) is 15.4 Å². The van der Waals surface area contributed by atoms with Gasteiger partial charge in [-0.2, -0.15) is 0 Å². The van der Waals surface area contributed by atoms with Gasteiger partial charge in [-0.1, -0.05) is 6.92 Å². The van der Waals surface area contributed by atoms with Gasteiger partial charge in [0.05, 0.1) is 11.5 Å². The molecular weight excluding hydrogens is 378 g/mol. The van der Waals surface area contributed by atoms with E-state index < -0.39 is 10.0 Å². The SMILES string of the molecule is CCOc1ccc(S(=O)(=O)NCCC(=O)NC2CNCCC2C)cc1.Cl. The van der Waals surface area contributed by atoms with Crippen LogP contribution in [0.1, 0.15) is 26.7 Å². The molecule has 0 bridgehead atoms. The maximum atomic E-state index is 12.2. The van der Waals surface area contributed by atoms with E-state index in [0.29, 0.717) is 18.3 Å². The molecule has 1 amide bonds. The van der Waals surface area contributed by atoms with Gasteiger partial charge in [0, 0.05) is 25.6 Å². The summed E-state index contributed by atoms with van der Waals surface area (Å²) in [7, 11) is -3.63. The molecule has 1 aliphatic rings. The van der Waals surface area contributed by atoms with Crippen molar-refractivity contribution in [2.45, 2.75) is 37.6 Å². The van der Waals surface area contributed by atoms with Gasteiger partial charge in [-0.15, -0.1) is 12.4 Å². The Balaban J connectivity index is 0.00000338. The first-order chi connectivity index (χ1) is 11.9. The molecule has 2 rings (SSSR count). The molecular formula is C17H28ClN3O4S. The monoisotopic (exact) mass is 405 g/mol. The van der Waals surface area contributed by atoms with E-state index in [-0.39, 0.29) is 42.2 Å². The number of halogens is 1. The van der Waals surface area contributed by atoms with E-state index in [1.165, 1.54) is 12.1 Å². The molecule has 1 aromatic carbocycles. The molecule has 7 nitrogen and oxygen atoms in total. The van der Waals surface area contributed by atoms with E-state index in [1.807, 2.05) is 6.92 Å². The number of ether oxygens (including phenoxy) is 1. The van der Waals surface area contributed by atoms with Crippen LogP contribution in [-0.2, 0) is 14.8 Å². The third-order valence-corrected chi connectivity index (χ3v) is 5.74. The summed E-state index contributed by atoms with van der Waals surface area (Å²) >= 11 is 0. The number of hydrogen-bond acceptors (Lipinski definition) is 5. The average Bonchev–Trinajstić information content (AvgIpc) is 2.58. The van der Waals surface area contributed by atoms with E-state index >= 15 is 0 Å². The first-order valence-corrected chi connectivity index (χ1v) is 10.1. The number of carbonyl (C=O) groups is 1. The van der Waals surface area contributed by atoms with E-state index in [9.17, 15) is 13.2 Å². The fourth-order valence-corrected chi connectivity index (χ4v) is 3.76. The topological polar surface area (TPSA) is 96.5 Å². The van der Waals surface area contributed by atoms with E-state index in [2.05, 4.69) is 22.3 Å². The van der Waals surface area contributed by atoms with Gasteiger partial charge in [0.2, 0.25) is 15.9 Å². The highest BCUT2D eigenvalue weighted by Gasteiger charge is 2.22. The van der Waals surface area contributed by atoms with Crippen molar-refractivity contribution in [3.63, 3.8) is 0 Å². The Bertz CT molecular complexity index is 667. The zero-order chi connectivity index (χ0) is 18.3. The average molecular weight is 406 g/mol. The lowest BCUT2D eigenvalue weighted by molar-refractivity contribution is -0.122. The molecule has 0 radical (unpaired) electrons. The third kappa shape index (κ3) is 6.75. The molecule has 148 valence electrons. The smallest absolute Gasteiger partial charge is 0.240 e. The summed E-state index contributed by atoms with van der Waals surface area (Å²) in [6.45, 7) is 6.28. The summed E-state index contributed by atoms with van der Waals surface area (Å²) in [6, 6.07) is 6.31. The second kappa shape index (κ2) is 10.7. The molecule has 1 aromatic rings. The standard InChI is InChI=1S/C17H27N3O4S.ClH/c1-3-24-14-4-6-15(7-5-14)25(22,23)19-11-9-17(21)20-16-12-18-10-8-13(16)2;/h4-7,13,16,18-19H,3,8-12H2,1-2H3,(H,20,21);1H. The van der Waals surface area contributed by atoms with Crippen LogP contribution >= 0.6 is 12.4 Å². The molecule has 2 unspecified atom stereocenters. The molecule has 1 saturated heterocycles. The van der Waals surface area contributed by atoms with Crippen molar-refractivity contribution in [3.05, 3.63) is 24.3 Å². The number of carbonyl (C=O) groups excluding carboxylic acids is 1. The molecule has 1 fully saturated rings. The van der Waals surface area contributed by atoms with Crippen molar-refractivity contribution in [1.29, 1.82) is 0 Å². The normalized spacial score (nSPS) is 20.1. The number of amides is 1. The highest BCUT2D eigenvalue weighted by atomic mass is 35.5. The van der Waals surface area contributed by atoms with Gasteiger partial charge in [-0.3, -0.25) is 4.79 Å². The van der Waals surface area contributed by atoms with Crippen molar-refractivity contribution in [2.24, 2.45) is 5.92 Å². The number of hydrogen-bond donors (Lipinski definition) is 3. The largest absolute Gasteiger partial charge is 0.494 e. The van der Waals surface area contributed by atoms with Gasteiger partial charge in [-0.05, 0) is 50.1 Å². The predicted molar refractivity (Wildman–Crippen MR) is 103 cm³/mol. The van der Waals surface area contributed by atoms with Gasteiger partial charge in [0.25, 0.3) is 0 Å². The lowest BCUT2D eigenvalue weighted by Crippen LogP contribution is -2.50. The first-order valence-electron chi connectivity index (χ1n) is 8.65. The highest BCUT2D eigenvalue weighted by molar-refractivity contribution is 7.89. The first kappa shape index (κ1) is 22.7. The van der Waals surface area contributed by atoms with Crippen LogP contribution in [0.3, 0.4) is 0 Å². The summed E-state index contributed by atoms with van der Waals surface area (Å²) in [5, 5.41) is 6.21. The molecule has 3 N–H and O–H groups in total. The Morgan fingerprint density at radius 1 is 1.31 bits per heavy atom. The van der Waals surface area contributed by atoms with Crippen LogP contribution in [0.2, 0.25) is 0 Å². The van der Waals surface area contributed by atoms with Gasteiger partial charge in [0.1, 0.15) is 5.75 Å². The highest BCUT2D eigenvalue weighted by Crippen LogP contribution is 2.16. The lowest BCUT2D eigenvalue weighted by atomic mass is 9.95. The Morgan fingerprint density at radius 3 is 2.62 bits per heavy atom. The predicted octanol–water partition coefficient (Wildman–Crippen LogP) is 1.29. The van der Waals surface area contributed by atoms with Crippen LogP contribution in [0.4, 0.5) is 0 Å². The molecule has 9 heteroatoms. The Morgan fingerprint density at radius 2 is 2.00 bits per heavy atom. The maximum absolute atomic E-state index is 12.2. The molecule has 1 aliphatic heterocycles. The fraction of sp³-hybridized carbons (Fsp3) is 0.588. The minimum Gasteiger partial charge on any atom is -0.494 e. The van der Waals surface area contributed by atoms with Gasteiger partial charge < -0.3 is 15.4 Å². The second-order valence-electron chi connectivity index (χ2n) is 6.20. The zero-order valence-corrected chi connectivity index (χ0v) is 16.8. The summed E-state index contributed by atoms with van der Waals surface area (Å²) in [5.41, 5.74) is 0. The Kier molecular flexibility index (Phi) is 9.35. The summed E-state index contributed by atoms with van der Waals surface area (Å²) < 4.78 is 32.2. The Hall–Kier alpha value is -1.35. The number of piperidine rings is 1. The zero-order valence-electron chi connectivity index (χ0n) is 15.2. The quantitative estimate of drug-likeness (QED) is 0.605. The third-order valence-electron chi connectivity index (χ3n) is 4.26. The number of rotatable bonds is 8. The van der Waals surface area contributed by atoms with Gasteiger partial charge in [-0.25, -0.2) is 13.1 Å². The molecule has 2 atom stereocenters. The molecule has 0 aromatic heterocycles. The summed E-state index contributed by atoms with van der Waals surface area (Å²) in [5.74, 6) is 0.900. The minimum atomic E-state index is -3.63. The van der Waals surface area contributed by atoms with Crippen LogP contribution in [0.25, 0.3) is 0 Å². The lowest BCUT2D eigenvalue weighted by Gasteiger charge is -2.30. The van der Waals surface area contributed by atoms with Gasteiger partial charge in [0.15, 0.2) is 0 Å². The van der Waals surface area contributed by atoms with Crippen LogP contribution in [0.15, 0.2) is 29.2 Å². The van der Waals surface area contributed by atoms with E-state index in [4.69, 9.17) is 4.74 Å². The molecule has 1 heterocycles. The number of nitrogens with one attached hydrogen (secondary N) is 3. The molecule has 26 heavy (non-hydrogen) atoms. The summed E-state index contributed by atoms with van der Waals surface area (Å²) in [4.78, 5) is 12.2.